The smallest absolute Gasteiger partial charge is 0.312 e. The number of esters is 1. The van der Waals surface area contributed by atoms with Crippen LogP contribution < -0.4 is 33.8 Å². The van der Waals surface area contributed by atoms with Gasteiger partial charge >= 0.3 is 5.97 Å². The molecule has 0 radical (unpaired) electrons. The van der Waals surface area contributed by atoms with Gasteiger partial charge < -0.3 is 37.9 Å². The highest BCUT2D eigenvalue weighted by atomic mass is 16.5. The Labute approximate surface area is 264 Å². The Morgan fingerprint density at radius 3 is 2.33 bits per heavy atom. The summed E-state index contributed by atoms with van der Waals surface area (Å²) in [6, 6.07) is 19.4. The summed E-state index contributed by atoms with van der Waals surface area (Å²) in [6.45, 7) is 0.323. The van der Waals surface area contributed by atoms with Crippen molar-refractivity contribution in [2.24, 2.45) is 0 Å². The summed E-state index contributed by atoms with van der Waals surface area (Å²) in [5.74, 6) is 1.20. The predicted molar refractivity (Wildman–Crippen MR) is 170 cm³/mol. The fraction of sp³-hybridized carbons (Fsp3) is 0.222. The maximum atomic E-state index is 13.9. The van der Waals surface area contributed by atoms with Gasteiger partial charge in [0, 0.05) is 29.5 Å². The number of methoxy groups -OCH3 is 4. The highest BCUT2D eigenvalue weighted by Gasteiger charge is 2.36. The molecule has 10 nitrogen and oxygen atoms in total. The second-order valence-corrected chi connectivity index (χ2v) is 10.6. The van der Waals surface area contributed by atoms with Crippen LogP contribution in [-0.2, 0) is 11.2 Å². The van der Waals surface area contributed by atoms with Crippen LogP contribution in [0.4, 0.5) is 0 Å². The first kappa shape index (κ1) is 30.4. The zero-order chi connectivity index (χ0) is 32.4. The topological polar surface area (TPSA) is 123 Å². The van der Waals surface area contributed by atoms with E-state index in [0.717, 1.165) is 11.3 Å². The van der Waals surface area contributed by atoms with Crippen molar-refractivity contribution in [1.29, 1.82) is 0 Å². The number of benzene rings is 4. The summed E-state index contributed by atoms with van der Waals surface area (Å²) in [5, 5.41) is 11.0. The van der Waals surface area contributed by atoms with E-state index in [0.29, 0.717) is 52.7 Å². The lowest BCUT2D eigenvalue weighted by Crippen LogP contribution is -2.22. The Bertz CT molecular complexity index is 1980. The van der Waals surface area contributed by atoms with Crippen LogP contribution in [0.3, 0.4) is 0 Å². The largest absolute Gasteiger partial charge is 0.507 e. The van der Waals surface area contributed by atoms with Crippen molar-refractivity contribution in [3.8, 4) is 51.4 Å². The quantitative estimate of drug-likeness (QED) is 0.141. The number of para-hydroxylation sites is 1. The average Bonchev–Trinajstić information content (AvgIpc) is 3.07. The second kappa shape index (κ2) is 12.8. The maximum absolute atomic E-state index is 13.9. The fourth-order valence-corrected chi connectivity index (χ4v) is 5.79. The van der Waals surface area contributed by atoms with Crippen LogP contribution in [0.5, 0.6) is 40.2 Å². The van der Waals surface area contributed by atoms with E-state index in [-0.39, 0.29) is 34.5 Å². The van der Waals surface area contributed by atoms with Crippen LogP contribution in [0.2, 0.25) is 0 Å². The van der Waals surface area contributed by atoms with E-state index >= 15 is 0 Å². The number of carbonyl (C=O) groups excluding carboxylic acids is 1. The molecule has 0 amide bonds. The van der Waals surface area contributed by atoms with Crippen molar-refractivity contribution < 1.29 is 42.7 Å². The summed E-state index contributed by atoms with van der Waals surface area (Å²) in [7, 11) is 6.18. The van der Waals surface area contributed by atoms with Crippen LogP contribution in [0.15, 0.2) is 82.2 Å². The Morgan fingerprint density at radius 1 is 0.848 bits per heavy atom. The van der Waals surface area contributed by atoms with Crippen LogP contribution in [0.25, 0.3) is 22.1 Å². The molecule has 1 aromatic heterocycles. The number of hydrogen-bond donors (Lipinski definition) is 1. The van der Waals surface area contributed by atoms with Crippen molar-refractivity contribution >= 4 is 16.9 Å². The summed E-state index contributed by atoms with van der Waals surface area (Å²) < 4.78 is 39.7. The lowest BCUT2D eigenvalue weighted by molar-refractivity contribution is -0.135. The number of fused-ring (bicyclic) bond motifs is 3. The molecule has 0 saturated carbocycles. The van der Waals surface area contributed by atoms with E-state index in [2.05, 4.69) is 0 Å². The van der Waals surface area contributed by atoms with Crippen LogP contribution in [-0.4, -0.2) is 46.1 Å². The number of ether oxygens (including phenoxy) is 6. The molecule has 0 aliphatic carbocycles. The highest BCUT2D eigenvalue weighted by molar-refractivity contribution is 5.94. The monoisotopic (exact) mass is 624 g/mol. The van der Waals surface area contributed by atoms with Gasteiger partial charge in [-0.05, 0) is 41.5 Å². The minimum absolute atomic E-state index is 0.0427. The Kier molecular flexibility index (Phi) is 8.43. The molecule has 1 atom stereocenters. The lowest BCUT2D eigenvalue weighted by Gasteiger charge is -2.28. The second-order valence-electron chi connectivity index (χ2n) is 10.6. The van der Waals surface area contributed by atoms with Gasteiger partial charge in [-0.15, -0.1) is 0 Å². The third-order valence-electron chi connectivity index (χ3n) is 8.07. The number of phenols is 1. The van der Waals surface area contributed by atoms with E-state index < -0.39 is 17.3 Å². The SMILES string of the molecule is COc1ccc(CCOc2c(OC)cccc2C2CC(=O)Oc3cc(O)c4c(=O)c(-c5ccc(OC)c(OC)c5)coc4c32)cc1. The van der Waals surface area contributed by atoms with E-state index in [1.165, 1.54) is 26.5 Å². The molecule has 1 aliphatic heterocycles. The molecule has 0 spiro atoms. The molecule has 0 bridgehead atoms. The van der Waals surface area contributed by atoms with Crippen LogP contribution in [0.1, 0.15) is 29.0 Å². The molecule has 0 saturated heterocycles. The predicted octanol–water partition coefficient (Wildman–Crippen LogP) is 6.26. The normalized spacial score (nSPS) is 13.9. The van der Waals surface area contributed by atoms with Crippen LogP contribution in [0, 0.1) is 0 Å². The molecule has 6 rings (SSSR count). The first-order chi connectivity index (χ1) is 22.4. The number of aromatic hydroxyl groups is 1. The standard InChI is InChI=1S/C36H32O10/c1-40-22-11-8-20(9-12-22)14-15-44-35-23(6-5-7-28(35)42-3)24-17-31(38)46-30-18-26(37)33-34(39)25(19-45-36(33)32(24)30)21-10-13-27(41-2)29(16-21)43-4/h5-13,16,18-19,24,37H,14-15,17H2,1-4H3. The molecular formula is C36H32O10. The molecule has 1 N–H and O–H groups in total. The number of rotatable bonds is 10. The summed E-state index contributed by atoms with van der Waals surface area (Å²) >= 11 is 0. The molecular weight excluding hydrogens is 592 g/mol. The highest BCUT2D eigenvalue weighted by Crippen LogP contribution is 2.49. The van der Waals surface area contributed by atoms with Crippen molar-refractivity contribution in [2.45, 2.75) is 18.8 Å². The molecule has 2 heterocycles. The van der Waals surface area contributed by atoms with E-state index in [1.54, 1.807) is 44.6 Å². The van der Waals surface area contributed by atoms with E-state index in [9.17, 15) is 14.7 Å². The van der Waals surface area contributed by atoms with Gasteiger partial charge in [-0.1, -0.05) is 30.3 Å². The van der Waals surface area contributed by atoms with Crippen molar-refractivity contribution in [3.63, 3.8) is 0 Å². The van der Waals surface area contributed by atoms with Gasteiger partial charge in [0.25, 0.3) is 0 Å². The fourth-order valence-electron chi connectivity index (χ4n) is 5.79. The van der Waals surface area contributed by atoms with Crippen molar-refractivity contribution in [1.82, 2.24) is 0 Å². The summed E-state index contributed by atoms with van der Waals surface area (Å²) in [5.41, 5.74) is 2.49. The molecule has 1 aliphatic rings. The molecule has 5 aromatic rings. The summed E-state index contributed by atoms with van der Waals surface area (Å²) in [4.78, 5) is 26.8. The average molecular weight is 625 g/mol. The molecule has 1 unspecified atom stereocenters. The third kappa shape index (κ3) is 5.53. The van der Waals surface area contributed by atoms with Crippen LogP contribution >= 0.6 is 0 Å². The molecule has 4 aromatic carbocycles. The minimum Gasteiger partial charge on any atom is -0.507 e. The zero-order valence-corrected chi connectivity index (χ0v) is 25.7. The maximum Gasteiger partial charge on any atom is 0.312 e. The van der Waals surface area contributed by atoms with Gasteiger partial charge in [0.1, 0.15) is 34.5 Å². The molecule has 0 fully saturated rings. The Morgan fingerprint density at radius 2 is 1.61 bits per heavy atom. The van der Waals surface area contributed by atoms with Gasteiger partial charge in [-0.2, -0.15) is 0 Å². The van der Waals surface area contributed by atoms with Gasteiger partial charge in [-0.25, -0.2) is 0 Å². The van der Waals surface area contributed by atoms with Gasteiger partial charge in [-0.3, -0.25) is 9.59 Å². The van der Waals surface area contributed by atoms with Crippen molar-refractivity contribution in [2.75, 3.05) is 35.0 Å². The zero-order valence-electron chi connectivity index (χ0n) is 25.7. The Hall–Kier alpha value is -5.64. The molecule has 46 heavy (non-hydrogen) atoms. The Balaban J connectivity index is 1.44. The third-order valence-corrected chi connectivity index (χ3v) is 8.07. The molecule has 10 heteroatoms. The summed E-state index contributed by atoms with van der Waals surface area (Å²) in [6.07, 6.45) is 1.88. The minimum atomic E-state index is -0.638. The number of phenolic OH excluding ortho intramolecular Hbond substituents is 1. The first-order valence-electron chi connectivity index (χ1n) is 14.5. The number of carbonyl (C=O) groups is 1. The van der Waals surface area contributed by atoms with Gasteiger partial charge in [0.05, 0.1) is 47.0 Å². The number of hydrogen-bond acceptors (Lipinski definition) is 10. The van der Waals surface area contributed by atoms with Gasteiger partial charge in [0.15, 0.2) is 23.0 Å². The lowest BCUT2D eigenvalue weighted by atomic mass is 9.84. The first-order valence-corrected chi connectivity index (χ1v) is 14.5. The van der Waals surface area contributed by atoms with Gasteiger partial charge in [0.2, 0.25) is 5.43 Å². The molecule has 236 valence electrons. The van der Waals surface area contributed by atoms with E-state index in [4.69, 9.17) is 32.8 Å². The van der Waals surface area contributed by atoms with E-state index in [1.807, 2.05) is 30.3 Å². The van der Waals surface area contributed by atoms with Crippen molar-refractivity contribution in [3.05, 3.63) is 99.9 Å².